The van der Waals surface area contributed by atoms with E-state index in [0.29, 0.717) is 6.42 Å². The van der Waals surface area contributed by atoms with Crippen LogP contribution in [0.3, 0.4) is 0 Å². The van der Waals surface area contributed by atoms with E-state index in [0.717, 1.165) is 18.2 Å². The first-order valence-electron chi connectivity index (χ1n) is 5.91. The molecule has 0 amide bonds. The second-order valence-corrected chi connectivity index (χ2v) is 4.72. The van der Waals surface area contributed by atoms with Gasteiger partial charge in [0.15, 0.2) is 0 Å². The molecule has 3 nitrogen and oxygen atoms in total. The number of rotatable bonds is 4. The van der Waals surface area contributed by atoms with Crippen molar-refractivity contribution >= 4 is 5.97 Å². The smallest absolute Gasteiger partial charge is 0.339 e. The molecule has 1 aromatic carbocycles. The molecule has 1 aliphatic carbocycles. The molecule has 0 radical (unpaired) electrons. The number of hydrogen-bond acceptors (Lipinski definition) is 2. The highest BCUT2D eigenvalue weighted by atomic mass is 19.3. The maximum absolute atomic E-state index is 13.0. The zero-order chi connectivity index (χ0) is 14.0. The molecule has 0 saturated heterocycles. The molecule has 0 aromatic heterocycles. The van der Waals surface area contributed by atoms with Gasteiger partial charge in [-0.3, -0.25) is 0 Å². The molecular formula is C13H13F3O3. The van der Waals surface area contributed by atoms with Crippen LogP contribution >= 0.6 is 0 Å². The number of benzene rings is 1. The molecule has 1 aliphatic rings. The lowest BCUT2D eigenvalue weighted by atomic mass is 10.1. The molecule has 1 unspecified atom stereocenters. The van der Waals surface area contributed by atoms with Crippen LogP contribution in [0.1, 0.15) is 29.6 Å². The summed E-state index contributed by atoms with van der Waals surface area (Å²) >= 11 is 0. The first kappa shape index (κ1) is 13.7. The van der Waals surface area contributed by atoms with Crippen LogP contribution in [-0.4, -0.2) is 23.6 Å². The SMILES string of the molecule is O=C(O)c1ccc(F)cc1OCC1CCC(F)(F)C1. The van der Waals surface area contributed by atoms with E-state index in [9.17, 15) is 18.0 Å². The Bertz CT molecular complexity index is 488. The number of halogens is 3. The Labute approximate surface area is 108 Å². The monoisotopic (exact) mass is 274 g/mol. The van der Waals surface area contributed by atoms with Crippen LogP contribution in [0.5, 0.6) is 5.75 Å². The van der Waals surface area contributed by atoms with Crippen molar-refractivity contribution in [2.24, 2.45) is 5.92 Å². The third-order valence-electron chi connectivity index (χ3n) is 3.15. The summed E-state index contributed by atoms with van der Waals surface area (Å²) in [5, 5.41) is 8.91. The normalized spacial score (nSPS) is 21.3. The molecule has 19 heavy (non-hydrogen) atoms. The molecule has 0 aliphatic heterocycles. The highest BCUT2D eigenvalue weighted by molar-refractivity contribution is 5.90. The molecule has 0 spiro atoms. The number of aromatic carboxylic acids is 1. The fourth-order valence-corrected chi connectivity index (χ4v) is 2.18. The maximum Gasteiger partial charge on any atom is 0.339 e. The van der Waals surface area contributed by atoms with Crippen LogP contribution in [0, 0.1) is 11.7 Å². The van der Waals surface area contributed by atoms with Crippen molar-refractivity contribution in [1.29, 1.82) is 0 Å². The lowest BCUT2D eigenvalue weighted by Crippen LogP contribution is -2.15. The average molecular weight is 274 g/mol. The second-order valence-electron chi connectivity index (χ2n) is 4.72. The van der Waals surface area contributed by atoms with Crippen molar-refractivity contribution in [2.75, 3.05) is 6.61 Å². The molecule has 1 saturated carbocycles. The highest BCUT2D eigenvalue weighted by Crippen LogP contribution is 2.39. The van der Waals surface area contributed by atoms with Gasteiger partial charge in [-0.15, -0.1) is 0 Å². The largest absolute Gasteiger partial charge is 0.492 e. The molecule has 0 heterocycles. The summed E-state index contributed by atoms with van der Waals surface area (Å²) in [4.78, 5) is 10.9. The lowest BCUT2D eigenvalue weighted by Gasteiger charge is -2.13. The number of ether oxygens (including phenoxy) is 1. The van der Waals surface area contributed by atoms with Crippen molar-refractivity contribution in [3.8, 4) is 5.75 Å². The molecule has 1 atom stereocenters. The Balaban J connectivity index is 2.03. The van der Waals surface area contributed by atoms with Gasteiger partial charge >= 0.3 is 5.97 Å². The van der Waals surface area contributed by atoms with Gasteiger partial charge in [-0.2, -0.15) is 0 Å². The Morgan fingerprint density at radius 3 is 2.79 bits per heavy atom. The summed E-state index contributed by atoms with van der Waals surface area (Å²) in [6.45, 7) is -0.0284. The van der Waals surface area contributed by atoms with Crippen LogP contribution in [0.4, 0.5) is 13.2 Å². The van der Waals surface area contributed by atoms with Crippen molar-refractivity contribution in [1.82, 2.24) is 0 Å². The summed E-state index contributed by atoms with van der Waals surface area (Å²) < 4.78 is 44.2. The number of carboxylic acid groups (broad SMARTS) is 1. The van der Waals surface area contributed by atoms with Gasteiger partial charge in [-0.25, -0.2) is 18.0 Å². The minimum atomic E-state index is -2.68. The summed E-state index contributed by atoms with van der Waals surface area (Å²) in [5.74, 6) is -5.00. The summed E-state index contributed by atoms with van der Waals surface area (Å²) in [5.41, 5.74) is -0.175. The van der Waals surface area contributed by atoms with Crippen LogP contribution < -0.4 is 4.74 Å². The number of carbonyl (C=O) groups is 1. The number of alkyl halides is 2. The Morgan fingerprint density at radius 2 is 2.21 bits per heavy atom. The maximum atomic E-state index is 13.0. The minimum Gasteiger partial charge on any atom is -0.492 e. The van der Waals surface area contributed by atoms with Gasteiger partial charge in [-0.1, -0.05) is 0 Å². The molecule has 1 N–H and O–H groups in total. The van der Waals surface area contributed by atoms with E-state index < -0.39 is 17.7 Å². The Hall–Kier alpha value is -1.72. The van der Waals surface area contributed by atoms with E-state index in [4.69, 9.17) is 9.84 Å². The molecular weight excluding hydrogens is 261 g/mol. The lowest BCUT2D eigenvalue weighted by molar-refractivity contribution is 0.00284. The van der Waals surface area contributed by atoms with E-state index in [2.05, 4.69) is 0 Å². The molecule has 2 rings (SSSR count). The van der Waals surface area contributed by atoms with Gasteiger partial charge in [0.2, 0.25) is 5.92 Å². The predicted molar refractivity (Wildman–Crippen MR) is 61.1 cm³/mol. The Morgan fingerprint density at radius 1 is 1.47 bits per heavy atom. The highest BCUT2D eigenvalue weighted by Gasteiger charge is 2.39. The summed E-state index contributed by atoms with van der Waals surface area (Å²) in [7, 11) is 0. The minimum absolute atomic E-state index is 0.0284. The standard InChI is InChI=1S/C13H13F3O3/c14-9-1-2-10(12(17)18)11(5-9)19-7-8-3-4-13(15,16)6-8/h1-2,5,8H,3-4,6-7H2,(H,17,18). The quantitative estimate of drug-likeness (QED) is 0.916. The van der Waals surface area contributed by atoms with E-state index >= 15 is 0 Å². The fraction of sp³-hybridized carbons (Fsp3) is 0.462. The van der Waals surface area contributed by atoms with E-state index in [1.165, 1.54) is 0 Å². The van der Waals surface area contributed by atoms with Crippen LogP contribution in [0.15, 0.2) is 18.2 Å². The van der Waals surface area contributed by atoms with Crippen molar-refractivity contribution in [2.45, 2.75) is 25.2 Å². The van der Waals surface area contributed by atoms with Gasteiger partial charge in [-0.05, 0) is 24.5 Å². The van der Waals surface area contributed by atoms with Crippen molar-refractivity contribution in [3.05, 3.63) is 29.6 Å². The zero-order valence-corrected chi connectivity index (χ0v) is 10.0. The molecule has 1 fully saturated rings. The van der Waals surface area contributed by atoms with E-state index in [-0.39, 0.29) is 36.7 Å². The second kappa shape index (κ2) is 5.11. The van der Waals surface area contributed by atoms with Gasteiger partial charge in [0.05, 0.1) is 6.61 Å². The van der Waals surface area contributed by atoms with Gasteiger partial charge < -0.3 is 9.84 Å². The van der Waals surface area contributed by atoms with Gasteiger partial charge in [0.25, 0.3) is 0 Å². The number of hydrogen-bond donors (Lipinski definition) is 1. The number of carboxylic acids is 1. The van der Waals surface area contributed by atoms with Crippen LogP contribution in [0.25, 0.3) is 0 Å². The molecule has 1 aromatic rings. The topological polar surface area (TPSA) is 46.5 Å². The summed E-state index contributed by atoms with van der Waals surface area (Å²) in [6, 6.07) is 3.06. The van der Waals surface area contributed by atoms with E-state index in [1.54, 1.807) is 0 Å². The first-order chi connectivity index (χ1) is 8.87. The van der Waals surface area contributed by atoms with Gasteiger partial charge in [0, 0.05) is 18.9 Å². The molecule has 0 bridgehead atoms. The average Bonchev–Trinajstić information content (AvgIpc) is 2.66. The molecule has 104 valence electrons. The van der Waals surface area contributed by atoms with E-state index in [1.807, 2.05) is 0 Å². The van der Waals surface area contributed by atoms with Crippen molar-refractivity contribution in [3.63, 3.8) is 0 Å². The molecule has 6 heteroatoms. The Kier molecular flexibility index (Phi) is 3.68. The first-order valence-corrected chi connectivity index (χ1v) is 5.91. The van der Waals surface area contributed by atoms with Gasteiger partial charge in [0.1, 0.15) is 17.1 Å². The van der Waals surface area contributed by atoms with Crippen LogP contribution in [0.2, 0.25) is 0 Å². The fourth-order valence-electron chi connectivity index (χ4n) is 2.18. The predicted octanol–water partition coefficient (Wildman–Crippen LogP) is 3.34. The third-order valence-corrected chi connectivity index (χ3v) is 3.15. The third kappa shape index (κ3) is 3.39. The van der Waals surface area contributed by atoms with Crippen molar-refractivity contribution < 1.29 is 27.8 Å². The van der Waals surface area contributed by atoms with Crippen LogP contribution in [-0.2, 0) is 0 Å². The zero-order valence-electron chi connectivity index (χ0n) is 10.0. The summed E-state index contributed by atoms with van der Waals surface area (Å²) in [6.07, 6.45) is -0.134.